The molecule has 0 spiro atoms. The first kappa shape index (κ1) is 20.5. The van der Waals surface area contributed by atoms with Crippen LogP contribution < -0.4 is 0 Å². The quantitative estimate of drug-likeness (QED) is 0.612. The summed E-state index contributed by atoms with van der Waals surface area (Å²) in [6, 6.07) is 0. The van der Waals surface area contributed by atoms with Gasteiger partial charge in [0.25, 0.3) is 9.05 Å². The summed E-state index contributed by atoms with van der Waals surface area (Å²) >= 11 is 4.64. The number of ether oxygens (including phenoxy) is 1. The van der Waals surface area contributed by atoms with E-state index in [0.29, 0.717) is 0 Å². The Labute approximate surface area is 126 Å². The zero-order valence-corrected chi connectivity index (χ0v) is 14.3. The molecule has 0 aliphatic rings. The Hall–Kier alpha value is 1.21. The van der Waals surface area contributed by atoms with Gasteiger partial charge in [-0.25, -0.2) is 0 Å². The fourth-order valence-corrected chi connectivity index (χ4v) is 1.84. The van der Waals surface area contributed by atoms with Crippen molar-refractivity contribution in [3.63, 3.8) is 0 Å². The molecule has 0 saturated heterocycles. The summed E-state index contributed by atoms with van der Waals surface area (Å²) in [4.78, 5) is 0. The molecule has 2 unspecified atom stereocenters. The molecule has 0 amide bonds. The van der Waals surface area contributed by atoms with Gasteiger partial charge in [-0.05, 0) is 0 Å². The van der Waals surface area contributed by atoms with Crippen LogP contribution in [0, 0.1) is 0 Å². The van der Waals surface area contributed by atoms with E-state index in [0.717, 1.165) is 29.5 Å². The number of aliphatic hydroxyl groups excluding tert-OH is 1. The van der Waals surface area contributed by atoms with Crippen molar-refractivity contribution in [1.82, 2.24) is 0 Å². The number of aliphatic hydroxyl groups is 1. The van der Waals surface area contributed by atoms with E-state index in [2.05, 4.69) is 25.0 Å². The van der Waals surface area contributed by atoms with Gasteiger partial charge in [0, 0.05) is 11.2 Å². The molecule has 2 atom stereocenters. The molecule has 0 heterocycles. The van der Waals surface area contributed by atoms with E-state index >= 15 is 0 Å². The van der Waals surface area contributed by atoms with Crippen LogP contribution in [0.1, 0.15) is 33.1 Å². The third kappa shape index (κ3) is 19.7. The molecule has 0 aromatic carbocycles. The van der Waals surface area contributed by atoms with Crippen LogP contribution in [-0.2, 0) is 25.0 Å². The molecule has 0 aromatic rings. The Balaban J connectivity index is 0. The minimum atomic E-state index is -3.83. The number of hydrogen-bond acceptors (Lipinski definition) is 4. The summed E-state index contributed by atoms with van der Waals surface area (Å²) in [5.41, 5.74) is 0. The summed E-state index contributed by atoms with van der Waals surface area (Å²) < 4.78 is 30.6. The van der Waals surface area contributed by atoms with E-state index in [9.17, 15) is 5.11 Å². The molecule has 5 nitrogen and oxygen atoms in total. The number of hydrogen-bond donors (Lipinski definition) is 3. The van der Waals surface area contributed by atoms with Crippen LogP contribution in [0.25, 0.3) is 0 Å². The van der Waals surface area contributed by atoms with Gasteiger partial charge in [0.05, 0.1) is 0 Å². The SMILES string of the molecule is CCCOC(CC)C(O)C[CH2][Na].O=S(O)(O)=S. The minimum Gasteiger partial charge on any atom is -0.285 e. The molecule has 0 aliphatic heterocycles. The van der Waals surface area contributed by atoms with Crippen molar-refractivity contribution in [2.45, 2.75) is 49.0 Å². The van der Waals surface area contributed by atoms with Crippen molar-refractivity contribution < 1.29 is 23.2 Å². The molecule has 0 fully saturated rings. The van der Waals surface area contributed by atoms with E-state index in [-0.39, 0.29) is 12.2 Å². The van der Waals surface area contributed by atoms with Crippen molar-refractivity contribution >= 4 is 48.2 Å². The fourth-order valence-electron chi connectivity index (χ4n) is 1.25. The smallest absolute Gasteiger partial charge is 0.263 e. The topological polar surface area (TPSA) is 87.0 Å². The normalized spacial score (nSPS) is 14.8. The monoisotopic (exact) mass is 296 g/mol. The molecule has 0 saturated carbocycles. The van der Waals surface area contributed by atoms with E-state index in [1.807, 2.05) is 0 Å². The van der Waals surface area contributed by atoms with Crippen LogP contribution in [0.15, 0.2) is 0 Å². The minimum absolute atomic E-state index is 0.0684. The second-order valence-corrected chi connectivity index (χ2v) is 6.82. The predicted octanol–water partition coefficient (Wildman–Crippen LogP) is 1.21. The molecular weight excluding hydrogens is 275 g/mol. The molecule has 0 aromatic heterocycles. The summed E-state index contributed by atoms with van der Waals surface area (Å²) in [6.07, 6.45) is 2.69. The standard InChI is InChI=1S/C9H19O2.Na.H2O3S2/c1-4-7-11-9(6-3)8(10)5-2;;1-5(2,3)4/h8-10H,2,4-7H2,1,3H3;;(H2,1,2,3,4). The molecule has 3 N–H and O–H groups in total. The van der Waals surface area contributed by atoms with Gasteiger partial charge in [0.1, 0.15) is 0 Å². The molecular formula is C9H21NaO5S2. The van der Waals surface area contributed by atoms with Crippen molar-refractivity contribution in [1.29, 1.82) is 0 Å². The Kier molecular flexibility index (Phi) is 14.8. The Bertz CT molecular complexity index is 250. The maximum absolute atomic E-state index is 9.63. The van der Waals surface area contributed by atoms with E-state index in [1.54, 1.807) is 0 Å². The van der Waals surface area contributed by atoms with E-state index in [1.165, 1.54) is 27.9 Å². The molecule has 0 bridgehead atoms. The third-order valence-electron chi connectivity index (χ3n) is 1.95. The maximum atomic E-state index is 9.63. The Morgan fingerprint density at radius 3 is 2.18 bits per heavy atom. The zero-order valence-electron chi connectivity index (χ0n) is 10.7. The molecule has 17 heavy (non-hydrogen) atoms. The van der Waals surface area contributed by atoms with Gasteiger partial charge in [-0.2, -0.15) is 4.21 Å². The van der Waals surface area contributed by atoms with Crippen LogP contribution in [0.3, 0.4) is 0 Å². The average Bonchev–Trinajstić information content (AvgIpc) is 2.17. The molecule has 0 aliphatic carbocycles. The predicted molar refractivity (Wildman–Crippen MR) is 72.3 cm³/mol. The summed E-state index contributed by atoms with van der Waals surface area (Å²) in [5, 5.41) is 9.63. The van der Waals surface area contributed by atoms with Crippen molar-refractivity contribution in [3.8, 4) is 0 Å². The van der Waals surface area contributed by atoms with Crippen LogP contribution in [0.4, 0.5) is 0 Å². The zero-order chi connectivity index (χ0) is 13.9. The van der Waals surface area contributed by atoms with E-state index in [4.69, 9.17) is 18.1 Å². The van der Waals surface area contributed by atoms with Crippen molar-refractivity contribution in [2.24, 2.45) is 0 Å². The van der Waals surface area contributed by atoms with Crippen molar-refractivity contribution in [2.75, 3.05) is 6.61 Å². The maximum Gasteiger partial charge on any atom is 0.263 e. The van der Waals surface area contributed by atoms with Gasteiger partial charge >= 0.3 is 93.4 Å². The first-order chi connectivity index (χ1) is 7.76. The average molecular weight is 296 g/mol. The Morgan fingerprint density at radius 1 is 1.41 bits per heavy atom. The van der Waals surface area contributed by atoms with Gasteiger partial charge < -0.3 is 0 Å². The Morgan fingerprint density at radius 2 is 1.88 bits per heavy atom. The van der Waals surface area contributed by atoms with Crippen LogP contribution in [0.5, 0.6) is 0 Å². The summed E-state index contributed by atoms with van der Waals surface area (Å²) in [5.74, 6) is 0. The fraction of sp³-hybridized carbons (Fsp3) is 1.00. The van der Waals surface area contributed by atoms with E-state index < -0.39 is 9.05 Å². The summed E-state index contributed by atoms with van der Waals surface area (Å²) in [7, 11) is -3.83. The molecule has 100 valence electrons. The van der Waals surface area contributed by atoms with Gasteiger partial charge in [-0.3, -0.25) is 9.11 Å². The molecule has 0 radical (unpaired) electrons. The van der Waals surface area contributed by atoms with Crippen LogP contribution in [0.2, 0.25) is 3.67 Å². The molecule has 0 rings (SSSR count). The third-order valence-corrected chi connectivity index (χ3v) is 2.53. The first-order valence-electron chi connectivity index (χ1n) is 5.75. The second-order valence-electron chi connectivity index (χ2n) is 3.62. The largest absolute Gasteiger partial charge is 0.285 e. The van der Waals surface area contributed by atoms with Crippen LogP contribution in [-0.4, -0.2) is 65.2 Å². The first-order valence-corrected chi connectivity index (χ1v) is 9.56. The van der Waals surface area contributed by atoms with Crippen molar-refractivity contribution in [3.05, 3.63) is 0 Å². The van der Waals surface area contributed by atoms with Crippen LogP contribution >= 0.6 is 0 Å². The van der Waals surface area contributed by atoms with Gasteiger partial charge in [0.15, 0.2) is 0 Å². The molecule has 8 heteroatoms. The van der Waals surface area contributed by atoms with Gasteiger partial charge in [-0.1, -0.05) is 0 Å². The van der Waals surface area contributed by atoms with Gasteiger partial charge in [0.2, 0.25) is 0 Å². The van der Waals surface area contributed by atoms with Gasteiger partial charge in [-0.15, -0.1) is 0 Å². The number of rotatable bonds is 7. The second kappa shape index (κ2) is 12.3. The summed E-state index contributed by atoms with van der Waals surface area (Å²) in [6.45, 7) is 4.93.